The van der Waals surface area contributed by atoms with Crippen LogP contribution in [0.5, 0.6) is 0 Å². The van der Waals surface area contributed by atoms with Crippen molar-refractivity contribution in [2.24, 2.45) is 0 Å². The Morgan fingerprint density at radius 2 is 0.808 bits per heavy atom. The van der Waals surface area contributed by atoms with Crippen LogP contribution in [0.4, 0.5) is 0 Å². The minimum atomic E-state index is -1.68. The van der Waals surface area contributed by atoms with E-state index in [2.05, 4.69) is 5.32 Å². The molecule has 16 heteroatoms. The fraction of sp³-hybridized carbons (Fsp3) is 0.281. The molecule has 8 rings (SSSR count). The third-order valence-corrected chi connectivity index (χ3v) is 12.0. The highest BCUT2D eigenvalue weighted by atomic mass is 16.7. The van der Waals surface area contributed by atoms with Gasteiger partial charge in [-0.3, -0.25) is 4.79 Å². The minimum absolute atomic E-state index is 0.0824. The molecule has 2 aliphatic rings. The van der Waals surface area contributed by atoms with Gasteiger partial charge in [0.15, 0.2) is 30.9 Å². The van der Waals surface area contributed by atoms with Crippen molar-refractivity contribution in [3.8, 4) is 0 Å². The van der Waals surface area contributed by atoms with Gasteiger partial charge in [-0.05, 0) is 59.7 Å². The molecule has 0 unspecified atom stereocenters. The van der Waals surface area contributed by atoms with Crippen LogP contribution in [0.25, 0.3) is 0 Å². The number of amides is 1. The number of nitrogens with one attached hydrogen (secondary N) is 1. The molecule has 2 aliphatic heterocycles. The quantitative estimate of drug-likeness (QED) is 0.0592. The first-order valence-electron chi connectivity index (χ1n) is 23.7. The lowest BCUT2D eigenvalue weighted by Gasteiger charge is -2.47. The lowest BCUT2D eigenvalue weighted by atomic mass is 9.95. The Morgan fingerprint density at radius 3 is 1.26 bits per heavy atom. The fourth-order valence-corrected chi connectivity index (χ4v) is 8.41. The van der Waals surface area contributed by atoms with Crippen LogP contribution in [-0.4, -0.2) is 111 Å². The molecule has 0 saturated carbocycles. The molecule has 378 valence electrons. The maximum absolute atomic E-state index is 14.2. The first kappa shape index (κ1) is 51.8. The fourth-order valence-electron chi connectivity index (χ4n) is 8.41. The standard InChI is InChI=1S/C57H55NO15/c1-37(59)58-46-49(66-34-39-23-11-4-12-24-39)47(65-33-38-21-9-3-10-22-38)44(69-56(46)64-2)36-68-57-51(73-55(63)43-31-19-8-20-32-43)50(72-54(62)42-29-17-7-18-30-42)48(71-53(61)41-27-15-6-16-28-41)45(70-57)35-67-52(60)40-25-13-5-14-26-40/h3-32,44-51,56-57H,33-36H2,1-2H3,(H,58,59)/t44-,45-,46-,47-,48-,49-,50+,51-,56+,57-/m1/s1. The Bertz CT molecular complexity index is 2700. The molecule has 2 saturated heterocycles. The Kier molecular flexibility index (Phi) is 18.2. The normalized spacial score (nSPS) is 23.5. The predicted octanol–water partition coefficient (Wildman–Crippen LogP) is 7.31. The molecule has 2 heterocycles. The summed E-state index contributed by atoms with van der Waals surface area (Å²) in [6.07, 6.45) is -12.1. The van der Waals surface area contributed by atoms with Gasteiger partial charge in [-0.1, -0.05) is 133 Å². The minimum Gasteiger partial charge on any atom is -0.459 e. The molecule has 0 spiro atoms. The number of esters is 4. The van der Waals surface area contributed by atoms with Crippen LogP contribution in [0.1, 0.15) is 59.5 Å². The average molecular weight is 994 g/mol. The predicted molar refractivity (Wildman–Crippen MR) is 262 cm³/mol. The number of ether oxygens (including phenoxy) is 10. The molecule has 0 aliphatic carbocycles. The van der Waals surface area contributed by atoms with Crippen LogP contribution >= 0.6 is 0 Å². The average Bonchev–Trinajstić information content (AvgIpc) is 3.43. The number of hydrogen-bond donors (Lipinski definition) is 1. The van der Waals surface area contributed by atoms with Crippen LogP contribution in [0.3, 0.4) is 0 Å². The van der Waals surface area contributed by atoms with Gasteiger partial charge in [0, 0.05) is 14.0 Å². The third kappa shape index (κ3) is 13.9. The summed E-state index contributed by atoms with van der Waals surface area (Å²) >= 11 is 0. The molecule has 6 aromatic rings. The van der Waals surface area contributed by atoms with Crippen molar-refractivity contribution in [2.75, 3.05) is 20.3 Å². The van der Waals surface area contributed by atoms with Gasteiger partial charge >= 0.3 is 23.9 Å². The first-order chi connectivity index (χ1) is 35.6. The molecular formula is C57H55NO15. The van der Waals surface area contributed by atoms with E-state index < -0.39 is 98.4 Å². The Labute approximate surface area is 422 Å². The van der Waals surface area contributed by atoms with Gasteiger partial charge in [-0.15, -0.1) is 0 Å². The van der Waals surface area contributed by atoms with E-state index >= 15 is 0 Å². The zero-order valence-electron chi connectivity index (χ0n) is 40.0. The van der Waals surface area contributed by atoms with E-state index in [-0.39, 0.29) is 41.4 Å². The Balaban J connectivity index is 1.19. The van der Waals surface area contributed by atoms with E-state index in [0.717, 1.165) is 11.1 Å². The zero-order chi connectivity index (χ0) is 50.9. The van der Waals surface area contributed by atoms with Crippen molar-refractivity contribution >= 4 is 29.8 Å². The van der Waals surface area contributed by atoms with Crippen molar-refractivity contribution in [3.63, 3.8) is 0 Å². The number of benzene rings is 6. The van der Waals surface area contributed by atoms with E-state index in [1.54, 1.807) is 84.9 Å². The van der Waals surface area contributed by atoms with E-state index in [4.69, 9.17) is 47.4 Å². The van der Waals surface area contributed by atoms with Gasteiger partial charge < -0.3 is 52.7 Å². The van der Waals surface area contributed by atoms with Gasteiger partial charge in [0.2, 0.25) is 5.91 Å². The second-order valence-corrected chi connectivity index (χ2v) is 17.1. The first-order valence-corrected chi connectivity index (χ1v) is 23.7. The molecule has 1 N–H and O–H groups in total. The van der Waals surface area contributed by atoms with Gasteiger partial charge in [-0.2, -0.15) is 0 Å². The smallest absolute Gasteiger partial charge is 0.338 e. The zero-order valence-corrected chi connectivity index (χ0v) is 40.0. The summed E-state index contributed by atoms with van der Waals surface area (Å²) in [6, 6.07) is 50.3. The molecule has 0 radical (unpaired) electrons. The second-order valence-electron chi connectivity index (χ2n) is 17.1. The van der Waals surface area contributed by atoms with E-state index in [1.165, 1.54) is 50.4 Å². The summed E-state index contributed by atoms with van der Waals surface area (Å²) in [7, 11) is 1.42. The molecule has 16 nitrogen and oxygen atoms in total. The molecule has 73 heavy (non-hydrogen) atoms. The van der Waals surface area contributed by atoms with Crippen molar-refractivity contribution in [3.05, 3.63) is 215 Å². The summed E-state index contributed by atoms with van der Waals surface area (Å²) in [4.78, 5) is 68.8. The maximum atomic E-state index is 14.2. The molecule has 0 bridgehead atoms. The number of carbonyl (C=O) groups excluding carboxylic acids is 5. The monoisotopic (exact) mass is 993 g/mol. The van der Waals surface area contributed by atoms with Crippen molar-refractivity contribution in [1.82, 2.24) is 5.32 Å². The number of carbonyl (C=O) groups is 5. The van der Waals surface area contributed by atoms with Crippen LogP contribution in [0.15, 0.2) is 182 Å². The van der Waals surface area contributed by atoms with Crippen LogP contribution in [0.2, 0.25) is 0 Å². The molecular weight excluding hydrogens is 939 g/mol. The molecule has 10 atom stereocenters. The highest BCUT2D eigenvalue weighted by Crippen LogP contribution is 2.34. The van der Waals surface area contributed by atoms with E-state index in [1.807, 2.05) is 60.7 Å². The maximum Gasteiger partial charge on any atom is 0.338 e. The van der Waals surface area contributed by atoms with Gasteiger partial charge in [0.25, 0.3) is 0 Å². The van der Waals surface area contributed by atoms with Crippen LogP contribution in [-0.2, 0) is 65.4 Å². The molecule has 2 fully saturated rings. The van der Waals surface area contributed by atoms with Crippen molar-refractivity contribution < 1.29 is 71.3 Å². The van der Waals surface area contributed by atoms with Crippen LogP contribution in [0, 0.1) is 0 Å². The van der Waals surface area contributed by atoms with E-state index in [9.17, 15) is 24.0 Å². The lowest BCUT2D eigenvalue weighted by Crippen LogP contribution is -2.66. The molecule has 0 aromatic heterocycles. The van der Waals surface area contributed by atoms with Gasteiger partial charge in [-0.25, -0.2) is 19.2 Å². The molecule has 6 aromatic carbocycles. The molecule has 1 amide bonds. The van der Waals surface area contributed by atoms with E-state index in [0.29, 0.717) is 0 Å². The van der Waals surface area contributed by atoms with Gasteiger partial charge in [0.05, 0.1) is 42.1 Å². The lowest BCUT2D eigenvalue weighted by molar-refractivity contribution is -0.322. The third-order valence-electron chi connectivity index (χ3n) is 12.0. The highest BCUT2D eigenvalue weighted by molar-refractivity contribution is 5.91. The van der Waals surface area contributed by atoms with Crippen LogP contribution < -0.4 is 5.32 Å². The SMILES string of the molecule is CO[C@H]1O[C@H](CO[C@@H]2O[C@H](COC(=O)c3ccccc3)[C@@H](OC(=O)c3ccccc3)[C@H](OC(=O)c3ccccc3)[C@H]2OC(=O)c2ccccc2)[C@@H](OCc2ccccc2)[C@H](OCc2ccccc2)[C@H]1NC(C)=O. The van der Waals surface area contributed by atoms with Crippen molar-refractivity contribution in [1.29, 1.82) is 0 Å². The number of hydrogen-bond acceptors (Lipinski definition) is 15. The highest BCUT2D eigenvalue weighted by Gasteiger charge is 2.55. The largest absolute Gasteiger partial charge is 0.459 e. The summed E-state index contributed by atoms with van der Waals surface area (Å²) in [5.74, 6) is -3.70. The summed E-state index contributed by atoms with van der Waals surface area (Å²) in [5.41, 5.74) is 2.27. The second kappa shape index (κ2) is 25.7. The topological polar surface area (TPSA) is 190 Å². The Morgan fingerprint density at radius 1 is 0.425 bits per heavy atom. The summed E-state index contributed by atoms with van der Waals surface area (Å²) in [5, 5.41) is 2.93. The van der Waals surface area contributed by atoms with Crippen molar-refractivity contribution in [2.45, 2.75) is 81.5 Å². The summed E-state index contributed by atoms with van der Waals surface area (Å²) in [6.45, 7) is 0.597. The Hall–Kier alpha value is -7.57. The van der Waals surface area contributed by atoms with Gasteiger partial charge in [0.1, 0.15) is 37.1 Å². The number of methoxy groups -OCH3 is 1. The summed E-state index contributed by atoms with van der Waals surface area (Å²) < 4.78 is 63.6. The number of rotatable bonds is 20.